The van der Waals surface area contributed by atoms with E-state index in [0.29, 0.717) is 0 Å². The smallest absolute Gasteiger partial charge is 0.450 e. The molecule has 12 nitrogen and oxygen atoms in total. The van der Waals surface area contributed by atoms with Gasteiger partial charge in [-0.15, -0.1) is 0 Å². The monoisotopic (exact) mass is 444 g/mol. The number of hydrogen-bond donors (Lipinski definition) is 3. The minimum absolute atomic E-state index is 0. The summed E-state index contributed by atoms with van der Waals surface area (Å²) in [6.45, 7) is 0. The Kier molecular flexibility index (Phi) is 6.57. The molecule has 0 aliphatic carbocycles. The fourth-order valence-electron chi connectivity index (χ4n) is 1.60. The Bertz CT molecular complexity index is 1040. The molecule has 0 fully saturated rings. The lowest BCUT2D eigenvalue weighted by Crippen LogP contribution is -3.00. The third-order valence-corrected chi connectivity index (χ3v) is 5.79. The Morgan fingerprint density at radius 3 is 1.54 bits per heavy atom. The fraction of sp³-hybridized carbons (Fsp3) is 0.143. The second-order valence-corrected chi connectivity index (χ2v) is 8.16. The lowest BCUT2D eigenvalue weighted by atomic mass is 10.3. The number of nitrogens with zero attached hydrogens (tertiary/aromatic N) is 2. The molecule has 0 aromatic heterocycles. The molecule has 24 heavy (non-hydrogen) atoms. The van der Waals surface area contributed by atoms with Gasteiger partial charge in [0.1, 0.15) is 4.90 Å². The molecule has 0 spiro atoms. The van der Waals surface area contributed by atoms with E-state index in [1.54, 1.807) is 0 Å². The number of methoxy groups -OCH3 is 1. The molecule has 3 N–H and O–H groups in total. The molecule has 0 heterocycles. The highest BCUT2D eigenvalue weighted by atomic mass is 35.5. The Hall–Kier alpha value is -1.25. The zero-order valence-corrected chi connectivity index (χ0v) is 15.0. The SMILES string of the molecule is COc1c([N+]#N)c(S(=O)(=O)O)c(S(=O)(=O)O)c(Cl)c1S(=O)(=O)O.[Cl-]. The first-order chi connectivity index (χ1) is 10.2. The molecular weight excluding hydrogens is 439 g/mol. The van der Waals surface area contributed by atoms with Crippen molar-refractivity contribution in [1.29, 1.82) is 5.39 Å². The van der Waals surface area contributed by atoms with Gasteiger partial charge in [0.05, 0.1) is 12.1 Å². The van der Waals surface area contributed by atoms with Gasteiger partial charge in [0.2, 0.25) is 16.0 Å². The molecule has 17 heteroatoms. The van der Waals surface area contributed by atoms with Crippen molar-refractivity contribution in [2.24, 2.45) is 0 Å². The highest BCUT2D eigenvalue weighted by Gasteiger charge is 2.45. The van der Waals surface area contributed by atoms with E-state index in [9.17, 15) is 25.3 Å². The molecule has 0 unspecified atom stereocenters. The van der Waals surface area contributed by atoms with Crippen LogP contribution >= 0.6 is 11.6 Å². The van der Waals surface area contributed by atoms with E-state index >= 15 is 0 Å². The molecule has 0 aliphatic heterocycles. The number of halogens is 2. The number of benzene rings is 1. The van der Waals surface area contributed by atoms with Gasteiger partial charge in [0.15, 0.2) is 9.87 Å². The van der Waals surface area contributed by atoms with Gasteiger partial charge < -0.3 is 17.1 Å². The zero-order chi connectivity index (χ0) is 18.4. The summed E-state index contributed by atoms with van der Waals surface area (Å²) in [7, 11) is -15.7. The average molecular weight is 445 g/mol. The molecule has 136 valence electrons. The summed E-state index contributed by atoms with van der Waals surface area (Å²) < 4.78 is 99.6. The largest absolute Gasteiger partial charge is 1.00 e. The van der Waals surface area contributed by atoms with Crippen LogP contribution in [0, 0.1) is 5.39 Å². The first-order valence-corrected chi connectivity index (χ1v) is 9.58. The molecule has 0 radical (unpaired) electrons. The van der Waals surface area contributed by atoms with Crippen molar-refractivity contribution in [2.75, 3.05) is 7.11 Å². The van der Waals surface area contributed by atoms with Crippen LogP contribution in [0.3, 0.4) is 0 Å². The third-order valence-electron chi connectivity index (χ3n) is 2.32. The third kappa shape index (κ3) is 4.04. The van der Waals surface area contributed by atoms with Crippen molar-refractivity contribution in [1.82, 2.24) is 0 Å². The van der Waals surface area contributed by atoms with Crippen LogP contribution in [-0.4, -0.2) is 46.0 Å². The molecule has 1 aromatic carbocycles. The van der Waals surface area contributed by atoms with Crippen LogP contribution in [0.2, 0.25) is 5.02 Å². The second-order valence-electron chi connectivity index (χ2n) is 3.71. The van der Waals surface area contributed by atoms with Crippen LogP contribution in [0.25, 0.3) is 4.98 Å². The van der Waals surface area contributed by atoms with Gasteiger partial charge in [0.25, 0.3) is 20.2 Å². The molecule has 0 saturated heterocycles. The first-order valence-electron chi connectivity index (χ1n) is 4.89. The molecule has 0 atom stereocenters. The molecule has 0 bridgehead atoms. The van der Waals surface area contributed by atoms with Crippen molar-refractivity contribution >= 4 is 47.6 Å². The fourth-order valence-corrected chi connectivity index (χ4v) is 5.24. The number of ether oxygens (including phenoxy) is 1. The van der Waals surface area contributed by atoms with E-state index in [2.05, 4.69) is 9.71 Å². The summed E-state index contributed by atoms with van der Waals surface area (Å²) >= 11 is 5.44. The number of hydrogen-bond acceptors (Lipinski definition) is 8. The Morgan fingerprint density at radius 2 is 1.29 bits per heavy atom. The highest BCUT2D eigenvalue weighted by molar-refractivity contribution is 7.89. The van der Waals surface area contributed by atoms with Crippen LogP contribution in [0.1, 0.15) is 0 Å². The van der Waals surface area contributed by atoms with Crippen LogP contribution in [0.4, 0.5) is 5.69 Å². The van der Waals surface area contributed by atoms with Crippen LogP contribution in [-0.2, 0) is 30.4 Å². The summed E-state index contributed by atoms with van der Waals surface area (Å²) in [6, 6.07) is 0. The van der Waals surface area contributed by atoms with Gasteiger partial charge in [-0.3, -0.25) is 13.7 Å². The van der Waals surface area contributed by atoms with Crippen molar-refractivity contribution in [2.45, 2.75) is 14.7 Å². The summed E-state index contributed by atoms with van der Waals surface area (Å²) in [5.74, 6) is -1.19. The normalized spacial score (nSPS) is 12.2. The molecule has 1 aromatic rings. The van der Waals surface area contributed by atoms with E-state index < -0.39 is 61.5 Å². The van der Waals surface area contributed by atoms with Gasteiger partial charge in [-0.2, -0.15) is 25.3 Å². The van der Waals surface area contributed by atoms with Crippen LogP contribution in [0.15, 0.2) is 14.7 Å². The van der Waals surface area contributed by atoms with Crippen LogP contribution in [0.5, 0.6) is 5.75 Å². The summed E-state index contributed by atoms with van der Waals surface area (Å²) in [5, 5.41) is 7.33. The van der Waals surface area contributed by atoms with Crippen molar-refractivity contribution < 1.29 is 56.1 Å². The standard InChI is InChI=1S/C7H5ClN2O10S3.ClH/c1-20-4-3(10-9)7(23(17,18)19)6(22(14,15)16)2(8)5(4)21(11,12)13;/h1H3,(H2-,11,12,13,14,15,16,17,18,19);1H. The minimum Gasteiger partial charge on any atom is -1.00 e. The van der Waals surface area contributed by atoms with E-state index in [4.69, 9.17) is 30.7 Å². The average Bonchev–Trinajstić information content (AvgIpc) is 2.32. The molecule has 0 amide bonds. The van der Waals surface area contributed by atoms with E-state index in [-0.39, 0.29) is 12.4 Å². The van der Waals surface area contributed by atoms with Crippen molar-refractivity contribution in [3.05, 3.63) is 10.00 Å². The predicted molar refractivity (Wildman–Crippen MR) is 72.2 cm³/mol. The maximum atomic E-state index is 11.3. The maximum Gasteiger partial charge on any atom is 0.450 e. The lowest BCUT2D eigenvalue weighted by Gasteiger charge is -2.11. The van der Waals surface area contributed by atoms with Gasteiger partial charge in [-0.1, -0.05) is 11.6 Å². The van der Waals surface area contributed by atoms with Gasteiger partial charge in [-0.05, 0) is 0 Å². The van der Waals surface area contributed by atoms with E-state index in [0.717, 1.165) is 7.11 Å². The summed E-state index contributed by atoms with van der Waals surface area (Å²) in [4.78, 5) is -2.77. The quantitative estimate of drug-likeness (QED) is 0.329. The van der Waals surface area contributed by atoms with Crippen LogP contribution < -0.4 is 17.1 Å². The second kappa shape index (κ2) is 6.93. The maximum absolute atomic E-state index is 11.3. The van der Waals surface area contributed by atoms with Gasteiger partial charge >= 0.3 is 15.8 Å². The topological polar surface area (TPSA) is 200 Å². The van der Waals surface area contributed by atoms with Crippen molar-refractivity contribution in [3.8, 4) is 5.75 Å². The zero-order valence-electron chi connectivity index (χ0n) is 11.1. The predicted octanol–water partition coefficient (Wildman–Crippen LogP) is -2.42. The minimum atomic E-state index is -5.56. The molecule has 0 aliphatic rings. The van der Waals surface area contributed by atoms with Gasteiger partial charge in [-0.25, -0.2) is 0 Å². The molecular formula is C7H6Cl2N2O10S3. The lowest BCUT2D eigenvalue weighted by molar-refractivity contribution is -0.0000175. The highest BCUT2D eigenvalue weighted by Crippen LogP contribution is 2.48. The molecule has 0 saturated carbocycles. The van der Waals surface area contributed by atoms with Gasteiger partial charge in [0, 0.05) is 0 Å². The van der Waals surface area contributed by atoms with E-state index in [1.165, 1.54) is 0 Å². The van der Waals surface area contributed by atoms with E-state index in [1.807, 2.05) is 0 Å². The van der Waals surface area contributed by atoms with Crippen molar-refractivity contribution in [3.63, 3.8) is 0 Å². The Labute approximate surface area is 146 Å². The summed E-state index contributed by atoms with van der Waals surface area (Å²) in [6.07, 6.45) is 0. The Morgan fingerprint density at radius 1 is 0.917 bits per heavy atom. The summed E-state index contributed by atoms with van der Waals surface area (Å²) in [5.41, 5.74) is -1.43. The number of diazo groups is 1. The molecule has 1 rings (SSSR count). The number of rotatable bonds is 4. The Balaban J connectivity index is 0.00000529. The first kappa shape index (κ1) is 22.8.